The van der Waals surface area contributed by atoms with Crippen molar-refractivity contribution in [1.82, 2.24) is 9.97 Å². The minimum Gasteiger partial charge on any atom is -0.348 e. The fourth-order valence-electron chi connectivity index (χ4n) is 3.20. The number of rotatable bonds is 2. The summed E-state index contributed by atoms with van der Waals surface area (Å²) in [5.41, 5.74) is 3.07. The highest BCUT2D eigenvalue weighted by Crippen LogP contribution is 2.27. The van der Waals surface area contributed by atoms with E-state index in [-0.39, 0.29) is 11.7 Å². The molecule has 3 heteroatoms. The molecule has 0 saturated carbocycles. The number of aromatic nitrogens is 2. The van der Waals surface area contributed by atoms with Crippen LogP contribution in [0.25, 0.3) is 10.8 Å². The van der Waals surface area contributed by atoms with Gasteiger partial charge >= 0.3 is 0 Å². The molecule has 0 saturated heterocycles. The number of fused-ring (bicyclic) bond motifs is 2. The monoisotopic (exact) mass is 276 g/mol. The third-order valence-corrected chi connectivity index (χ3v) is 4.39. The number of hydrogen-bond acceptors (Lipinski definition) is 2. The summed E-state index contributed by atoms with van der Waals surface area (Å²) in [5, 5.41) is 2.30. The molecule has 0 fully saturated rings. The number of aromatic amines is 1. The molecule has 0 spiro atoms. The normalized spacial score (nSPS) is 17.6. The maximum Gasteiger partial charge on any atom is 0.166 e. The highest BCUT2D eigenvalue weighted by atomic mass is 16.1. The molecular formula is C18H16N2O. The van der Waals surface area contributed by atoms with E-state index < -0.39 is 0 Å². The fourth-order valence-corrected chi connectivity index (χ4v) is 3.20. The molecule has 1 N–H and O–H groups in total. The Bertz CT molecular complexity index is 819. The molecule has 3 nitrogen and oxygen atoms in total. The van der Waals surface area contributed by atoms with Gasteiger partial charge in [-0.15, -0.1) is 0 Å². The largest absolute Gasteiger partial charge is 0.348 e. The number of carbonyl (C=O) groups is 1. The Morgan fingerprint density at radius 3 is 2.90 bits per heavy atom. The number of benzene rings is 2. The smallest absolute Gasteiger partial charge is 0.166 e. The predicted octanol–water partition coefficient (Wildman–Crippen LogP) is 3.55. The van der Waals surface area contributed by atoms with Crippen molar-refractivity contribution in [3.63, 3.8) is 0 Å². The summed E-state index contributed by atoms with van der Waals surface area (Å²) in [4.78, 5) is 20.2. The van der Waals surface area contributed by atoms with E-state index in [0.29, 0.717) is 0 Å². The average molecular weight is 276 g/mol. The maximum atomic E-state index is 12.7. The second-order valence-electron chi connectivity index (χ2n) is 5.69. The predicted molar refractivity (Wildman–Crippen MR) is 82.4 cm³/mol. The number of nitrogens with one attached hydrogen (secondary N) is 1. The van der Waals surface area contributed by atoms with Crippen LogP contribution in [-0.4, -0.2) is 15.8 Å². The molecule has 3 aromatic rings. The number of imidazole rings is 1. The molecule has 104 valence electrons. The molecule has 4 rings (SSSR count). The summed E-state index contributed by atoms with van der Waals surface area (Å²) in [6.07, 6.45) is 4.30. The van der Waals surface area contributed by atoms with E-state index in [2.05, 4.69) is 22.1 Å². The minimum absolute atomic E-state index is 0.0574. The van der Waals surface area contributed by atoms with Gasteiger partial charge in [-0.3, -0.25) is 4.79 Å². The van der Waals surface area contributed by atoms with Gasteiger partial charge in [0.25, 0.3) is 0 Å². The molecule has 1 aromatic heterocycles. The van der Waals surface area contributed by atoms with E-state index in [1.165, 1.54) is 11.1 Å². The lowest BCUT2D eigenvalue weighted by atomic mass is 9.84. The van der Waals surface area contributed by atoms with Crippen LogP contribution in [0, 0.1) is 5.92 Å². The summed E-state index contributed by atoms with van der Waals surface area (Å²) >= 11 is 0. The van der Waals surface area contributed by atoms with Gasteiger partial charge in [-0.1, -0.05) is 36.4 Å². The molecule has 1 aliphatic carbocycles. The molecule has 0 amide bonds. The first-order chi connectivity index (χ1) is 10.3. The summed E-state index contributed by atoms with van der Waals surface area (Å²) in [6, 6.07) is 14.1. The summed E-state index contributed by atoms with van der Waals surface area (Å²) in [7, 11) is 0. The van der Waals surface area contributed by atoms with E-state index in [0.717, 1.165) is 35.9 Å². The second-order valence-corrected chi connectivity index (χ2v) is 5.69. The van der Waals surface area contributed by atoms with Crippen molar-refractivity contribution in [3.8, 4) is 0 Å². The van der Waals surface area contributed by atoms with Gasteiger partial charge in [-0.25, -0.2) is 4.98 Å². The molecule has 21 heavy (non-hydrogen) atoms. The highest BCUT2D eigenvalue weighted by Gasteiger charge is 2.27. The summed E-state index contributed by atoms with van der Waals surface area (Å²) in [6.45, 7) is 0. The van der Waals surface area contributed by atoms with Crippen LogP contribution in [0.1, 0.15) is 28.2 Å². The lowest BCUT2D eigenvalue weighted by Gasteiger charge is -2.20. The molecule has 1 atom stereocenters. The van der Waals surface area contributed by atoms with Gasteiger partial charge in [0.2, 0.25) is 0 Å². The van der Waals surface area contributed by atoms with Crippen molar-refractivity contribution in [1.29, 1.82) is 0 Å². The first-order valence-electron chi connectivity index (χ1n) is 7.35. The minimum atomic E-state index is 0.0574. The average Bonchev–Trinajstić information content (AvgIpc) is 3.01. The van der Waals surface area contributed by atoms with Crippen LogP contribution in [0.5, 0.6) is 0 Å². The zero-order chi connectivity index (χ0) is 14.2. The SMILES string of the molecule is O=C(c1ccc2ccccc2c1)C1CCc2[nH]cnc2C1. The zero-order valence-corrected chi connectivity index (χ0v) is 11.7. The van der Waals surface area contributed by atoms with Crippen molar-refractivity contribution in [2.75, 3.05) is 0 Å². The fraction of sp³-hybridized carbons (Fsp3) is 0.222. The number of carbonyl (C=O) groups excluding carboxylic acids is 1. The Labute approximate surface area is 123 Å². The molecule has 1 unspecified atom stereocenters. The van der Waals surface area contributed by atoms with Crippen LogP contribution in [0.2, 0.25) is 0 Å². The number of aryl methyl sites for hydroxylation is 1. The first kappa shape index (κ1) is 12.3. The molecule has 1 aliphatic rings. The van der Waals surface area contributed by atoms with E-state index in [1.807, 2.05) is 30.3 Å². The van der Waals surface area contributed by atoms with Crippen LogP contribution in [-0.2, 0) is 12.8 Å². The van der Waals surface area contributed by atoms with Gasteiger partial charge in [0.05, 0.1) is 12.0 Å². The molecule has 0 aliphatic heterocycles. The van der Waals surface area contributed by atoms with Crippen LogP contribution >= 0.6 is 0 Å². The van der Waals surface area contributed by atoms with Gasteiger partial charge in [0.15, 0.2) is 5.78 Å². The Kier molecular flexibility index (Phi) is 2.85. The first-order valence-corrected chi connectivity index (χ1v) is 7.35. The summed E-state index contributed by atoms with van der Waals surface area (Å²) in [5.74, 6) is 0.302. The zero-order valence-electron chi connectivity index (χ0n) is 11.7. The van der Waals surface area contributed by atoms with Crippen LogP contribution in [0.3, 0.4) is 0 Å². The van der Waals surface area contributed by atoms with E-state index in [4.69, 9.17) is 0 Å². The van der Waals surface area contributed by atoms with Crippen LogP contribution in [0.4, 0.5) is 0 Å². The Morgan fingerprint density at radius 1 is 1.14 bits per heavy atom. The van der Waals surface area contributed by atoms with Gasteiger partial charge in [0.1, 0.15) is 0 Å². The third-order valence-electron chi connectivity index (χ3n) is 4.39. The number of Topliss-reactive ketones (excluding diaryl/α,β-unsaturated/α-hetero) is 1. The molecule has 0 bridgehead atoms. The number of H-pyrrole nitrogens is 1. The third kappa shape index (κ3) is 2.15. The maximum absolute atomic E-state index is 12.7. The van der Waals surface area contributed by atoms with Crippen molar-refractivity contribution >= 4 is 16.6 Å². The standard InChI is InChI=1S/C18H16N2O/c21-18(15-7-8-16-17(10-15)20-11-19-16)14-6-5-12-3-1-2-4-13(12)9-14/h1-6,9,11,15H,7-8,10H2,(H,19,20). The highest BCUT2D eigenvalue weighted by molar-refractivity contribution is 6.01. The Hall–Kier alpha value is -2.42. The van der Waals surface area contributed by atoms with Crippen molar-refractivity contribution in [3.05, 3.63) is 65.7 Å². The lowest BCUT2D eigenvalue weighted by molar-refractivity contribution is 0.0908. The topological polar surface area (TPSA) is 45.8 Å². The summed E-state index contributed by atoms with van der Waals surface area (Å²) < 4.78 is 0. The number of hydrogen-bond donors (Lipinski definition) is 1. The molecule has 0 radical (unpaired) electrons. The Morgan fingerprint density at radius 2 is 2.00 bits per heavy atom. The second kappa shape index (κ2) is 4.85. The molecule has 2 aromatic carbocycles. The quantitative estimate of drug-likeness (QED) is 0.727. The number of nitrogens with zero attached hydrogens (tertiary/aromatic N) is 1. The van der Waals surface area contributed by atoms with Crippen LogP contribution in [0.15, 0.2) is 48.8 Å². The Balaban J connectivity index is 1.64. The van der Waals surface area contributed by atoms with E-state index >= 15 is 0 Å². The van der Waals surface area contributed by atoms with Gasteiger partial charge in [-0.05, 0) is 29.7 Å². The van der Waals surface area contributed by atoms with E-state index in [9.17, 15) is 4.79 Å². The van der Waals surface area contributed by atoms with Crippen molar-refractivity contribution < 1.29 is 4.79 Å². The van der Waals surface area contributed by atoms with Gasteiger partial charge in [0, 0.05) is 23.6 Å². The van der Waals surface area contributed by atoms with Gasteiger partial charge < -0.3 is 4.98 Å². The molecule has 1 heterocycles. The van der Waals surface area contributed by atoms with Gasteiger partial charge in [-0.2, -0.15) is 0 Å². The van der Waals surface area contributed by atoms with Crippen LogP contribution < -0.4 is 0 Å². The lowest BCUT2D eigenvalue weighted by Crippen LogP contribution is -2.22. The number of ketones is 1. The van der Waals surface area contributed by atoms with Crippen molar-refractivity contribution in [2.45, 2.75) is 19.3 Å². The van der Waals surface area contributed by atoms with Crippen molar-refractivity contribution in [2.24, 2.45) is 5.92 Å². The van der Waals surface area contributed by atoms with E-state index in [1.54, 1.807) is 6.33 Å². The molecular weight excluding hydrogens is 260 g/mol.